The second kappa shape index (κ2) is 6.60. The van der Waals surface area contributed by atoms with E-state index in [-0.39, 0.29) is 5.91 Å². The molecular weight excluding hydrogens is 322 g/mol. The molecule has 1 heterocycles. The number of amides is 1. The molecule has 0 aliphatic heterocycles. The van der Waals surface area contributed by atoms with Crippen LogP contribution in [-0.2, 0) is 11.3 Å². The number of fused-ring (bicyclic) bond motifs is 2. The van der Waals surface area contributed by atoms with Crippen molar-refractivity contribution in [1.82, 2.24) is 9.78 Å². The molecule has 2 fully saturated rings. The topological polar surface area (TPSA) is 46.9 Å². The highest BCUT2D eigenvalue weighted by atomic mass is 35.5. The molecule has 1 N–H and O–H groups in total. The molecule has 2 aliphatic rings. The number of anilines is 1. The maximum absolute atomic E-state index is 12.4. The molecule has 3 unspecified atom stereocenters. The number of nitrogens with zero attached hydrogens (tertiary/aromatic N) is 2. The minimum Gasteiger partial charge on any atom is -0.311 e. The van der Waals surface area contributed by atoms with E-state index in [0.29, 0.717) is 23.9 Å². The fraction of sp³-hybridized carbons (Fsp3) is 0.474. The summed E-state index contributed by atoms with van der Waals surface area (Å²) in [6.45, 7) is 0.552. The van der Waals surface area contributed by atoms with E-state index >= 15 is 0 Å². The number of aromatic nitrogens is 2. The standard InChI is InChI=1S/C19H22ClN3O/c20-17-4-2-1-3-15(17)12-23-18(7-8-21-23)22-19(24)11-16-10-13-5-6-14(16)9-13/h1-4,7-8,13-14,16H,5-6,9-12H2,(H,22,24). The molecule has 1 aromatic heterocycles. The van der Waals surface area contributed by atoms with E-state index in [4.69, 9.17) is 11.6 Å². The third kappa shape index (κ3) is 3.20. The predicted molar refractivity (Wildman–Crippen MR) is 95.0 cm³/mol. The average Bonchev–Trinajstić information content (AvgIpc) is 3.27. The van der Waals surface area contributed by atoms with Crippen molar-refractivity contribution in [2.45, 2.75) is 38.6 Å². The Morgan fingerprint density at radius 3 is 2.88 bits per heavy atom. The van der Waals surface area contributed by atoms with Crippen LogP contribution in [0.2, 0.25) is 5.02 Å². The third-order valence-corrected chi connectivity index (χ3v) is 5.96. The Morgan fingerprint density at radius 1 is 1.25 bits per heavy atom. The lowest BCUT2D eigenvalue weighted by Crippen LogP contribution is -2.22. The van der Waals surface area contributed by atoms with Gasteiger partial charge in [0.1, 0.15) is 5.82 Å². The molecule has 2 aromatic rings. The van der Waals surface area contributed by atoms with Crippen LogP contribution in [0.4, 0.5) is 5.82 Å². The maximum atomic E-state index is 12.4. The van der Waals surface area contributed by atoms with Gasteiger partial charge in [-0.15, -0.1) is 0 Å². The van der Waals surface area contributed by atoms with E-state index in [1.165, 1.54) is 25.7 Å². The van der Waals surface area contributed by atoms with Crippen molar-refractivity contribution in [2.75, 3.05) is 5.32 Å². The maximum Gasteiger partial charge on any atom is 0.225 e. The first kappa shape index (κ1) is 15.7. The third-order valence-electron chi connectivity index (χ3n) is 5.59. The largest absolute Gasteiger partial charge is 0.311 e. The van der Waals surface area contributed by atoms with Gasteiger partial charge in [0, 0.05) is 17.5 Å². The van der Waals surface area contributed by atoms with Crippen molar-refractivity contribution >= 4 is 23.3 Å². The number of nitrogens with one attached hydrogen (secondary N) is 1. The van der Waals surface area contributed by atoms with Crippen LogP contribution in [0.3, 0.4) is 0 Å². The Bertz CT molecular complexity index is 742. The Hall–Kier alpha value is -1.81. The molecule has 3 atom stereocenters. The van der Waals surface area contributed by atoms with Crippen LogP contribution < -0.4 is 5.32 Å². The van der Waals surface area contributed by atoms with E-state index in [0.717, 1.165) is 23.2 Å². The SMILES string of the molecule is O=C(CC1CC2CCC1C2)Nc1ccnn1Cc1ccccc1Cl. The minimum atomic E-state index is 0.105. The zero-order chi connectivity index (χ0) is 16.5. The molecule has 2 bridgehead atoms. The number of hydrogen-bond acceptors (Lipinski definition) is 2. The number of benzene rings is 1. The lowest BCUT2D eigenvalue weighted by atomic mass is 9.86. The Morgan fingerprint density at radius 2 is 2.12 bits per heavy atom. The summed E-state index contributed by atoms with van der Waals surface area (Å²) in [4.78, 5) is 12.4. The van der Waals surface area contributed by atoms with E-state index < -0.39 is 0 Å². The van der Waals surface area contributed by atoms with Crippen LogP contribution in [0.5, 0.6) is 0 Å². The summed E-state index contributed by atoms with van der Waals surface area (Å²) < 4.78 is 1.79. The average molecular weight is 344 g/mol. The van der Waals surface area contributed by atoms with E-state index in [1.54, 1.807) is 10.9 Å². The zero-order valence-corrected chi connectivity index (χ0v) is 14.4. The summed E-state index contributed by atoms with van der Waals surface area (Å²) in [5, 5.41) is 8.07. The summed E-state index contributed by atoms with van der Waals surface area (Å²) in [7, 11) is 0. The summed E-state index contributed by atoms with van der Waals surface area (Å²) in [5.41, 5.74) is 0.992. The first-order valence-electron chi connectivity index (χ1n) is 8.74. The molecule has 0 saturated heterocycles. The van der Waals surface area contributed by atoms with Gasteiger partial charge in [-0.1, -0.05) is 36.2 Å². The Balaban J connectivity index is 1.39. The smallest absolute Gasteiger partial charge is 0.225 e. The molecule has 0 radical (unpaired) electrons. The lowest BCUT2D eigenvalue weighted by molar-refractivity contribution is -0.117. The van der Waals surface area contributed by atoms with Crippen molar-refractivity contribution in [3.8, 4) is 0 Å². The molecule has 2 saturated carbocycles. The molecule has 5 heteroatoms. The fourth-order valence-electron chi connectivity index (χ4n) is 4.41. The summed E-state index contributed by atoms with van der Waals surface area (Å²) >= 11 is 6.22. The second-order valence-corrected chi connectivity index (χ2v) is 7.56. The van der Waals surface area contributed by atoms with Gasteiger partial charge in [0.05, 0.1) is 12.7 Å². The molecule has 0 spiro atoms. The van der Waals surface area contributed by atoms with Crippen molar-refractivity contribution in [1.29, 1.82) is 0 Å². The summed E-state index contributed by atoms with van der Waals surface area (Å²) in [6, 6.07) is 9.55. The highest BCUT2D eigenvalue weighted by molar-refractivity contribution is 6.31. The van der Waals surface area contributed by atoms with E-state index in [1.807, 2.05) is 30.3 Å². The quantitative estimate of drug-likeness (QED) is 0.877. The van der Waals surface area contributed by atoms with Crippen LogP contribution in [0.25, 0.3) is 0 Å². The number of hydrogen-bond donors (Lipinski definition) is 1. The molecule has 1 aromatic carbocycles. The van der Waals surface area contributed by atoms with Crippen molar-refractivity contribution in [2.24, 2.45) is 17.8 Å². The summed E-state index contributed by atoms with van der Waals surface area (Å²) in [5.74, 6) is 3.06. The monoisotopic (exact) mass is 343 g/mol. The van der Waals surface area contributed by atoms with Gasteiger partial charge >= 0.3 is 0 Å². The molecule has 126 valence electrons. The van der Waals surface area contributed by atoms with Gasteiger partial charge < -0.3 is 5.32 Å². The van der Waals surface area contributed by atoms with Crippen molar-refractivity contribution in [3.05, 3.63) is 47.1 Å². The number of rotatable bonds is 5. The molecular formula is C19H22ClN3O. The van der Waals surface area contributed by atoms with Gasteiger partial charge in [-0.25, -0.2) is 4.68 Å². The van der Waals surface area contributed by atoms with Gasteiger partial charge in [-0.2, -0.15) is 5.10 Å². The zero-order valence-electron chi connectivity index (χ0n) is 13.6. The first-order valence-corrected chi connectivity index (χ1v) is 9.12. The number of carbonyl (C=O) groups excluding carboxylic acids is 1. The molecule has 4 nitrogen and oxygen atoms in total. The van der Waals surface area contributed by atoms with Crippen LogP contribution in [-0.4, -0.2) is 15.7 Å². The van der Waals surface area contributed by atoms with Crippen LogP contribution in [0.15, 0.2) is 36.5 Å². The van der Waals surface area contributed by atoms with Gasteiger partial charge in [0.15, 0.2) is 0 Å². The summed E-state index contributed by atoms with van der Waals surface area (Å²) in [6.07, 6.45) is 7.60. The van der Waals surface area contributed by atoms with E-state index in [9.17, 15) is 4.79 Å². The van der Waals surface area contributed by atoms with Gasteiger partial charge in [-0.05, 0) is 48.6 Å². The molecule has 4 rings (SSSR count). The Kier molecular flexibility index (Phi) is 4.31. The Labute approximate surface area is 147 Å². The molecule has 1 amide bonds. The molecule has 2 aliphatic carbocycles. The van der Waals surface area contributed by atoms with Crippen LogP contribution in [0, 0.1) is 17.8 Å². The normalized spacial score (nSPS) is 25.1. The van der Waals surface area contributed by atoms with Crippen molar-refractivity contribution in [3.63, 3.8) is 0 Å². The van der Waals surface area contributed by atoms with Crippen molar-refractivity contribution < 1.29 is 4.79 Å². The van der Waals surface area contributed by atoms with Crippen LogP contribution >= 0.6 is 11.6 Å². The fourth-order valence-corrected chi connectivity index (χ4v) is 4.61. The van der Waals surface area contributed by atoms with Gasteiger partial charge in [0.25, 0.3) is 0 Å². The van der Waals surface area contributed by atoms with Gasteiger partial charge in [0.2, 0.25) is 5.91 Å². The second-order valence-electron chi connectivity index (χ2n) is 7.15. The van der Waals surface area contributed by atoms with Gasteiger partial charge in [-0.3, -0.25) is 4.79 Å². The lowest BCUT2D eigenvalue weighted by Gasteiger charge is -2.21. The molecule has 24 heavy (non-hydrogen) atoms. The number of halogens is 1. The predicted octanol–water partition coefficient (Wildman–Crippen LogP) is 4.35. The number of carbonyl (C=O) groups is 1. The minimum absolute atomic E-state index is 0.105. The highest BCUT2D eigenvalue weighted by Gasteiger charge is 2.40. The highest BCUT2D eigenvalue weighted by Crippen LogP contribution is 2.49. The van der Waals surface area contributed by atoms with E-state index in [2.05, 4.69) is 10.4 Å². The first-order chi connectivity index (χ1) is 11.7. The van der Waals surface area contributed by atoms with Crippen LogP contribution in [0.1, 0.15) is 37.7 Å².